The van der Waals surface area contributed by atoms with Gasteiger partial charge in [0.2, 0.25) is 0 Å². The van der Waals surface area contributed by atoms with Crippen molar-refractivity contribution in [1.29, 1.82) is 0 Å². The predicted molar refractivity (Wildman–Crippen MR) is 67.4 cm³/mol. The van der Waals surface area contributed by atoms with Crippen LogP contribution in [0, 0.1) is 11.7 Å². The van der Waals surface area contributed by atoms with Crippen LogP contribution >= 0.6 is 11.6 Å². The summed E-state index contributed by atoms with van der Waals surface area (Å²) in [5.41, 5.74) is 0.892. The van der Waals surface area contributed by atoms with Crippen molar-refractivity contribution in [2.45, 2.75) is 32.7 Å². The molecule has 1 rings (SSSR count). The second-order valence-electron chi connectivity index (χ2n) is 4.22. The van der Waals surface area contributed by atoms with E-state index in [0.717, 1.165) is 18.4 Å². The Morgan fingerprint density at radius 2 is 2.12 bits per heavy atom. The minimum absolute atomic E-state index is 0.218. The summed E-state index contributed by atoms with van der Waals surface area (Å²) in [5.74, 6) is 0.221. The van der Waals surface area contributed by atoms with Crippen molar-refractivity contribution in [1.82, 2.24) is 5.32 Å². The molecule has 0 spiro atoms. The van der Waals surface area contributed by atoms with Gasteiger partial charge in [-0.3, -0.25) is 0 Å². The molecule has 3 heteroatoms. The average molecular weight is 244 g/mol. The second kappa shape index (κ2) is 6.21. The fourth-order valence-electron chi connectivity index (χ4n) is 2.08. The van der Waals surface area contributed by atoms with E-state index in [-0.39, 0.29) is 5.82 Å². The molecule has 0 saturated heterocycles. The molecule has 1 aromatic rings. The van der Waals surface area contributed by atoms with Crippen LogP contribution in [0.4, 0.5) is 4.39 Å². The molecule has 0 amide bonds. The van der Waals surface area contributed by atoms with E-state index in [4.69, 9.17) is 11.6 Å². The van der Waals surface area contributed by atoms with Crippen molar-refractivity contribution in [2.24, 2.45) is 5.92 Å². The molecule has 0 radical (unpaired) electrons. The van der Waals surface area contributed by atoms with E-state index in [1.165, 1.54) is 12.1 Å². The van der Waals surface area contributed by atoms with Gasteiger partial charge in [0.1, 0.15) is 5.82 Å². The van der Waals surface area contributed by atoms with Crippen molar-refractivity contribution >= 4 is 11.6 Å². The lowest BCUT2D eigenvalue weighted by atomic mass is 9.92. The molecular formula is C13H19ClFN. The highest BCUT2D eigenvalue weighted by molar-refractivity contribution is 6.31. The first-order valence-corrected chi connectivity index (χ1v) is 6.07. The first kappa shape index (κ1) is 13.5. The van der Waals surface area contributed by atoms with Gasteiger partial charge in [0.15, 0.2) is 0 Å². The van der Waals surface area contributed by atoms with Crippen LogP contribution in [0.3, 0.4) is 0 Å². The topological polar surface area (TPSA) is 12.0 Å². The van der Waals surface area contributed by atoms with Gasteiger partial charge in [-0.2, -0.15) is 0 Å². The molecule has 2 unspecified atom stereocenters. The number of hydrogen-bond donors (Lipinski definition) is 1. The summed E-state index contributed by atoms with van der Waals surface area (Å²) in [6.07, 6.45) is 1.86. The summed E-state index contributed by atoms with van der Waals surface area (Å²) >= 11 is 6.04. The first-order chi connectivity index (χ1) is 7.58. The van der Waals surface area contributed by atoms with Crippen LogP contribution in [0.1, 0.15) is 25.8 Å². The Balaban J connectivity index is 2.75. The molecule has 0 aromatic heterocycles. The van der Waals surface area contributed by atoms with Crippen LogP contribution in [0.15, 0.2) is 18.2 Å². The number of hydrogen-bond acceptors (Lipinski definition) is 1. The molecule has 0 aliphatic carbocycles. The molecule has 16 heavy (non-hydrogen) atoms. The fraction of sp³-hybridized carbons (Fsp3) is 0.538. The van der Waals surface area contributed by atoms with Gasteiger partial charge < -0.3 is 5.32 Å². The minimum atomic E-state index is -0.218. The lowest BCUT2D eigenvalue weighted by molar-refractivity contribution is 0.386. The Kier molecular flexibility index (Phi) is 5.23. The normalized spacial score (nSPS) is 14.8. The summed E-state index contributed by atoms with van der Waals surface area (Å²) in [6, 6.07) is 4.99. The average Bonchev–Trinajstić information content (AvgIpc) is 2.25. The van der Waals surface area contributed by atoms with Gasteiger partial charge in [-0.25, -0.2) is 4.39 Å². The van der Waals surface area contributed by atoms with Crippen LogP contribution in [0.25, 0.3) is 0 Å². The monoisotopic (exact) mass is 243 g/mol. The molecule has 1 N–H and O–H groups in total. The van der Waals surface area contributed by atoms with Gasteiger partial charge in [-0.05, 0) is 49.6 Å². The lowest BCUT2D eigenvalue weighted by Crippen LogP contribution is -2.32. The maximum atomic E-state index is 13.1. The van der Waals surface area contributed by atoms with Crippen molar-refractivity contribution in [2.75, 3.05) is 7.05 Å². The number of rotatable bonds is 5. The minimum Gasteiger partial charge on any atom is -0.317 e. The summed E-state index contributed by atoms with van der Waals surface area (Å²) in [6.45, 7) is 4.30. The maximum absolute atomic E-state index is 13.1. The molecule has 0 saturated carbocycles. The zero-order chi connectivity index (χ0) is 12.1. The van der Waals surface area contributed by atoms with E-state index in [9.17, 15) is 4.39 Å². The standard InChI is InChI=1S/C13H19ClFN/c1-4-13(16-3)9(2)7-10-8-11(15)5-6-12(10)14/h5-6,8-9,13,16H,4,7H2,1-3H3. The van der Waals surface area contributed by atoms with Crippen LogP contribution in [0.2, 0.25) is 5.02 Å². The molecule has 0 fully saturated rings. The third-order valence-electron chi connectivity index (χ3n) is 3.05. The Morgan fingerprint density at radius 1 is 1.44 bits per heavy atom. The molecule has 0 heterocycles. The van der Waals surface area contributed by atoms with Crippen LogP contribution < -0.4 is 5.32 Å². The van der Waals surface area contributed by atoms with E-state index in [0.29, 0.717) is 17.0 Å². The molecule has 2 atom stereocenters. The number of benzene rings is 1. The molecule has 0 aliphatic rings. The smallest absolute Gasteiger partial charge is 0.123 e. The second-order valence-corrected chi connectivity index (χ2v) is 4.63. The Bertz CT molecular complexity index is 337. The Labute approximate surface area is 102 Å². The van der Waals surface area contributed by atoms with Crippen LogP contribution in [0.5, 0.6) is 0 Å². The third-order valence-corrected chi connectivity index (χ3v) is 3.42. The Hall–Kier alpha value is -0.600. The molecule has 90 valence electrons. The van der Waals surface area contributed by atoms with Crippen molar-refractivity contribution in [3.8, 4) is 0 Å². The van der Waals surface area contributed by atoms with E-state index in [1.54, 1.807) is 6.07 Å². The van der Waals surface area contributed by atoms with E-state index >= 15 is 0 Å². The highest BCUT2D eigenvalue weighted by Gasteiger charge is 2.15. The van der Waals surface area contributed by atoms with E-state index in [1.807, 2.05) is 7.05 Å². The SMILES string of the molecule is CCC(NC)C(C)Cc1cc(F)ccc1Cl. The highest BCUT2D eigenvalue weighted by Crippen LogP contribution is 2.22. The van der Waals surface area contributed by atoms with Gasteiger partial charge in [0, 0.05) is 11.1 Å². The lowest BCUT2D eigenvalue weighted by Gasteiger charge is -2.22. The first-order valence-electron chi connectivity index (χ1n) is 5.69. The van der Waals surface area contributed by atoms with E-state index in [2.05, 4.69) is 19.2 Å². The number of nitrogens with one attached hydrogen (secondary N) is 1. The quantitative estimate of drug-likeness (QED) is 0.832. The van der Waals surface area contributed by atoms with E-state index < -0.39 is 0 Å². The van der Waals surface area contributed by atoms with Gasteiger partial charge in [0.25, 0.3) is 0 Å². The third kappa shape index (κ3) is 3.46. The molecule has 1 aromatic carbocycles. The van der Waals surface area contributed by atoms with Crippen molar-refractivity contribution in [3.63, 3.8) is 0 Å². The van der Waals surface area contributed by atoms with Crippen molar-refractivity contribution in [3.05, 3.63) is 34.6 Å². The summed E-state index contributed by atoms with van der Waals surface area (Å²) in [5, 5.41) is 3.92. The molecular weight excluding hydrogens is 225 g/mol. The van der Waals surface area contributed by atoms with Gasteiger partial charge in [-0.1, -0.05) is 25.4 Å². The molecule has 0 aliphatic heterocycles. The zero-order valence-electron chi connectivity index (χ0n) is 10.1. The summed E-state index contributed by atoms with van der Waals surface area (Å²) in [7, 11) is 1.96. The molecule has 1 nitrogen and oxygen atoms in total. The molecule has 0 bridgehead atoms. The zero-order valence-corrected chi connectivity index (χ0v) is 10.8. The van der Waals surface area contributed by atoms with Gasteiger partial charge >= 0.3 is 0 Å². The Morgan fingerprint density at radius 3 is 2.69 bits per heavy atom. The summed E-state index contributed by atoms with van der Waals surface area (Å²) < 4.78 is 13.1. The fourth-order valence-corrected chi connectivity index (χ4v) is 2.27. The highest BCUT2D eigenvalue weighted by atomic mass is 35.5. The maximum Gasteiger partial charge on any atom is 0.123 e. The predicted octanol–water partition coefficient (Wildman–Crippen LogP) is 3.66. The van der Waals surface area contributed by atoms with Crippen LogP contribution in [-0.2, 0) is 6.42 Å². The van der Waals surface area contributed by atoms with Crippen molar-refractivity contribution < 1.29 is 4.39 Å². The summed E-state index contributed by atoms with van der Waals surface area (Å²) in [4.78, 5) is 0. The largest absolute Gasteiger partial charge is 0.317 e. The number of halogens is 2. The van der Waals surface area contributed by atoms with Crippen LogP contribution in [-0.4, -0.2) is 13.1 Å². The van der Waals surface area contributed by atoms with Gasteiger partial charge in [-0.15, -0.1) is 0 Å². The van der Waals surface area contributed by atoms with Gasteiger partial charge in [0.05, 0.1) is 0 Å².